The van der Waals surface area contributed by atoms with Crippen LogP contribution in [0.3, 0.4) is 0 Å². The molecule has 152 valence electrons. The topological polar surface area (TPSA) is 119 Å². The molecule has 4 rings (SSSR count). The summed E-state index contributed by atoms with van der Waals surface area (Å²) in [5, 5.41) is 12.4. The number of sulfonamides is 1. The van der Waals surface area contributed by atoms with Crippen LogP contribution < -0.4 is 20.5 Å². The molecule has 1 aromatic heterocycles. The van der Waals surface area contributed by atoms with Crippen molar-refractivity contribution in [1.82, 2.24) is 15.3 Å². The molecule has 1 fully saturated rings. The lowest BCUT2D eigenvalue weighted by Gasteiger charge is -2.24. The van der Waals surface area contributed by atoms with Gasteiger partial charge >= 0.3 is 0 Å². The minimum atomic E-state index is -3.73. The normalized spacial score (nSPS) is 15.4. The molecule has 2 heterocycles. The van der Waals surface area contributed by atoms with Crippen molar-refractivity contribution in [3.05, 3.63) is 47.1 Å². The van der Waals surface area contributed by atoms with Gasteiger partial charge in [0.15, 0.2) is 0 Å². The Morgan fingerprint density at radius 2 is 1.86 bits per heavy atom. The SMILES string of the molecule is NS(=O)(=O)c1ccc(Nc2ncc3c(Br)ccc(OC4CCNCC4)c3n2)cc1. The van der Waals surface area contributed by atoms with Crippen molar-refractivity contribution >= 4 is 48.5 Å². The number of rotatable bonds is 5. The number of nitrogens with one attached hydrogen (secondary N) is 2. The van der Waals surface area contributed by atoms with Crippen LogP contribution in [0, 0.1) is 0 Å². The maximum atomic E-state index is 11.4. The van der Waals surface area contributed by atoms with Crippen LogP contribution >= 0.6 is 15.9 Å². The first-order chi connectivity index (χ1) is 13.9. The van der Waals surface area contributed by atoms with E-state index in [1.165, 1.54) is 12.1 Å². The first-order valence-electron chi connectivity index (χ1n) is 9.13. The summed E-state index contributed by atoms with van der Waals surface area (Å²) in [6, 6.07) is 9.93. The Kier molecular flexibility index (Phi) is 5.68. The first kappa shape index (κ1) is 20.0. The van der Waals surface area contributed by atoms with Crippen molar-refractivity contribution in [2.24, 2.45) is 5.14 Å². The number of nitrogens with two attached hydrogens (primary N) is 1. The quantitative estimate of drug-likeness (QED) is 0.516. The van der Waals surface area contributed by atoms with E-state index in [0.29, 0.717) is 22.9 Å². The largest absolute Gasteiger partial charge is 0.488 e. The van der Waals surface area contributed by atoms with E-state index in [-0.39, 0.29) is 11.0 Å². The summed E-state index contributed by atoms with van der Waals surface area (Å²) in [5.41, 5.74) is 1.35. The second-order valence-corrected chi connectivity index (χ2v) is 9.18. The maximum absolute atomic E-state index is 11.4. The van der Waals surface area contributed by atoms with Gasteiger partial charge in [0.05, 0.1) is 4.90 Å². The number of hydrogen-bond acceptors (Lipinski definition) is 7. The molecule has 2 aromatic carbocycles. The summed E-state index contributed by atoms with van der Waals surface area (Å²) >= 11 is 3.54. The highest BCUT2D eigenvalue weighted by Crippen LogP contribution is 2.32. The second kappa shape index (κ2) is 8.23. The summed E-state index contributed by atoms with van der Waals surface area (Å²) < 4.78 is 29.9. The number of piperidine rings is 1. The van der Waals surface area contributed by atoms with E-state index in [1.54, 1.807) is 18.3 Å². The Balaban J connectivity index is 1.62. The smallest absolute Gasteiger partial charge is 0.238 e. The highest BCUT2D eigenvalue weighted by atomic mass is 79.9. The number of ether oxygens (including phenoxy) is 1. The Morgan fingerprint density at radius 3 is 2.55 bits per heavy atom. The minimum Gasteiger partial charge on any atom is -0.488 e. The molecular weight excluding hydrogens is 458 g/mol. The fourth-order valence-electron chi connectivity index (χ4n) is 3.17. The third kappa shape index (κ3) is 4.67. The van der Waals surface area contributed by atoms with Crippen LogP contribution in [0.2, 0.25) is 0 Å². The molecule has 1 saturated heterocycles. The highest BCUT2D eigenvalue weighted by molar-refractivity contribution is 9.10. The molecule has 0 radical (unpaired) electrons. The lowest BCUT2D eigenvalue weighted by molar-refractivity contribution is 0.164. The van der Waals surface area contributed by atoms with Gasteiger partial charge in [0, 0.05) is 21.7 Å². The molecule has 10 heteroatoms. The molecule has 0 bridgehead atoms. The maximum Gasteiger partial charge on any atom is 0.238 e. The molecule has 8 nitrogen and oxygen atoms in total. The predicted molar refractivity (Wildman–Crippen MR) is 115 cm³/mol. The number of primary sulfonamides is 1. The molecule has 29 heavy (non-hydrogen) atoms. The highest BCUT2D eigenvalue weighted by Gasteiger charge is 2.17. The van der Waals surface area contributed by atoms with E-state index in [4.69, 9.17) is 9.88 Å². The van der Waals surface area contributed by atoms with E-state index >= 15 is 0 Å². The molecule has 0 spiro atoms. The van der Waals surface area contributed by atoms with Crippen molar-refractivity contribution in [2.45, 2.75) is 23.8 Å². The Morgan fingerprint density at radius 1 is 1.14 bits per heavy atom. The Labute approximate surface area is 177 Å². The van der Waals surface area contributed by atoms with Crippen molar-refractivity contribution in [1.29, 1.82) is 0 Å². The fraction of sp³-hybridized carbons (Fsp3) is 0.263. The van der Waals surface area contributed by atoms with E-state index < -0.39 is 10.0 Å². The van der Waals surface area contributed by atoms with Gasteiger partial charge in [0.1, 0.15) is 17.4 Å². The minimum absolute atomic E-state index is 0.0454. The van der Waals surface area contributed by atoms with E-state index in [2.05, 4.69) is 36.5 Å². The third-order valence-electron chi connectivity index (χ3n) is 4.68. The van der Waals surface area contributed by atoms with Gasteiger partial charge in [0.2, 0.25) is 16.0 Å². The van der Waals surface area contributed by atoms with Crippen LogP contribution in [0.5, 0.6) is 5.75 Å². The zero-order valence-corrected chi connectivity index (χ0v) is 17.8. The number of benzene rings is 2. The summed E-state index contributed by atoms with van der Waals surface area (Å²) in [7, 11) is -3.73. The molecule has 0 saturated carbocycles. The summed E-state index contributed by atoms with van der Waals surface area (Å²) in [6.07, 6.45) is 3.77. The summed E-state index contributed by atoms with van der Waals surface area (Å²) in [5.74, 6) is 1.10. The molecule has 0 atom stereocenters. The molecular formula is C19H20BrN5O3S. The zero-order valence-electron chi connectivity index (χ0n) is 15.4. The average molecular weight is 478 g/mol. The van der Waals surface area contributed by atoms with Gasteiger partial charge < -0.3 is 15.4 Å². The summed E-state index contributed by atoms with van der Waals surface area (Å²) in [4.78, 5) is 9.04. The number of fused-ring (bicyclic) bond motifs is 1. The Hall–Kier alpha value is -2.27. The van der Waals surface area contributed by atoms with E-state index in [0.717, 1.165) is 35.8 Å². The molecule has 1 aliphatic heterocycles. The average Bonchev–Trinajstić information content (AvgIpc) is 2.71. The first-order valence-corrected chi connectivity index (χ1v) is 11.5. The van der Waals surface area contributed by atoms with Crippen LogP contribution in [0.4, 0.5) is 11.6 Å². The van der Waals surface area contributed by atoms with Gasteiger partial charge in [-0.05, 0) is 62.3 Å². The van der Waals surface area contributed by atoms with Gasteiger partial charge in [-0.3, -0.25) is 0 Å². The second-order valence-electron chi connectivity index (χ2n) is 6.76. The van der Waals surface area contributed by atoms with E-state index in [9.17, 15) is 8.42 Å². The number of anilines is 2. The van der Waals surface area contributed by atoms with Crippen molar-refractivity contribution in [3.8, 4) is 5.75 Å². The van der Waals surface area contributed by atoms with E-state index in [1.807, 2.05) is 12.1 Å². The van der Waals surface area contributed by atoms with Crippen LogP contribution in [-0.2, 0) is 10.0 Å². The van der Waals surface area contributed by atoms with Crippen molar-refractivity contribution < 1.29 is 13.2 Å². The van der Waals surface area contributed by atoms with Crippen LogP contribution in [0.15, 0.2) is 52.0 Å². The predicted octanol–water partition coefficient (Wildman–Crippen LogP) is 2.91. The van der Waals surface area contributed by atoms with Crippen molar-refractivity contribution in [2.75, 3.05) is 18.4 Å². The molecule has 1 aliphatic rings. The van der Waals surface area contributed by atoms with Gasteiger partial charge in [-0.25, -0.2) is 23.5 Å². The van der Waals surface area contributed by atoms with Crippen LogP contribution in [0.1, 0.15) is 12.8 Å². The molecule has 4 N–H and O–H groups in total. The van der Waals surface area contributed by atoms with Gasteiger partial charge in [-0.1, -0.05) is 15.9 Å². The van der Waals surface area contributed by atoms with Crippen LogP contribution in [0.25, 0.3) is 10.9 Å². The summed E-state index contributed by atoms with van der Waals surface area (Å²) in [6.45, 7) is 1.88. The Bertz CT molecular complexity index is 1130. The lowest BCUT2D eigenvalue weighted by Crippen LogP contribution is -2.34. The lowest BCUT2D eigenvalue weighted by atomic mass is 10.1. The molecule has 0 unspecified atom stereocenters. The molecule has 0 aliphatic carbocycles. The molecule has 0 amide bonds. The number of aromatic nitrogens is 2. The number of halogens is 1. The van der Waals surface area contributed by atoms with Gasteiger partial charge in [0.25, 0.3) is 0 Å². The molecule has 3 aromatic rings. The fourth-order valence-corrected chi connectivity index (χ4v) is 4.10. The van der Waals surface area contributed by atoms with Crippen molar-refractivity contribution in [3.63, 3.8) is 0 Å². The standard InChI is InChI=1S/C19H20BrN5O3S/c20-16-5-6-17(28-13-7-9-22-10-8-13)18-15(16)11-23-19(25-18)24-12-1-3-14(4-2-12)29(21,26)27/h1-6,11,13,22H,7-10H2,(H2,21,26,27)(H,23,24,25). The number of hydrogen-bond donors (Lipinski definition) is 3. The van der Waals surface area contributed by atoms with Gasteiger partial charge in [-0.15, -0.1) is 0 Å². The van der Waals surface area contributed by atoms with Gasteiger partial charge in [-0.2, -0.15) is 0 Å². The number of nitrogens with zero attached hydrogens (tertiary/aromatic N) is 2. The monoisotopic (exact) mass is 477 g/mol. The third-order valence-corrected chi connectivity index (χ3v) is 6.30. The zero-order chi connectivity index (χ0) is 20.4. The van der Waals surface area contributed by atoms with Crippen LogP contribution in [-0.4, -0.2) is 37.6 Å².